The second-order valence-corrected chi connectivity index (χ2v) is 8.22. The Kier molecular flexibility index (Phi) is 7.19. The number of methoxy groups -OCH3 is 1. The van der Waals surface area contributed by atoms with Gasteiger partial charge in [0.2, 0.25) is 5.91 Å². The van der Waals surface area contributed by atoms with Crippen molar-refractivity contribution < 1.29 is 14.3 Å². The van der Waals surface area contributed by atoms with Crippen LogP contribution in [-0.2, 0) is 9.53 Å². The Bertz CT molecular complexity index is 850. The molecule has 166 valence electrons. The molecule has 3 atom stereocenters. The second-order valence-electron chi connectivity index (χ2n) is 8.22. The molecule has 0 aliphatic carbocycles. The lowest BCUT2D eigenvalue weighted by Gasteiger charge is -2.35. The highest BCUT2D eigenvalue weighted by Gasteiger charge is 2.31. The van der Waals surface area contributed by atoms with Crippen LogP contribution in [0, 0.1) is 6.92 Å². The SMILES string of the molecule is COc1ccc(C(CNC(=O)C2CC(c3ccc(C)cc3)NN2)N2CCOCC2)cc1. The van der Waals surface area contributed by atoms with Gasteiger partial charge in [0.05, 0.1) is 26.4 Å². The van der Waals surface area contributed by atoms with E-state index in [9.17, 15) is 4.79 Å². The first-order valence-electron chi connectivity index (χ1n) is 10.9. The number of hydrogen-bond acceptors (Lipinski definition) is 6. The van der Waals surface area contributed by atoms with Crippen LogP contribution in [0.2, 0.25) is 0 Å². The molecule has 0 spiro atoms. The monoisotopic (exact) mass is 424 g/mol. The van der Waals surface area contributed by atoms with Gasteiger partial charge in [0.15, 0.2) is 0 Å². The standard InChI is InChI=1S/C24H32N4O3/c1-17-3-5-18(6-4-17)21-15-22(27-26-21)24(29)25-16-23(28-11-13-31-14-12-28)19-7-9-20(30-2)10-8-19/h3-10,21-23,26-27H,11-16H2,1-2H3,(H,25,29). The van der Waals surface area contributed by atoms with Crippen molar-refractivity contribution in [3.63, 3.8) is 0 Å². The normalized spacial score (nSPS) is 22.8. The van der Waals surface area contributed by atoms with Gasteiger partial charge in [-0.1, -0.05) is 42.0 Å². The van der Waals surface area contributed by atoms with E-state index in [0.29, 0.717) is 19.8 Å². The summed E-state index contributed by atoms with van der Waals surface area (Å²) in [4.78, 5) is 15.3. The Morgan fingerprint density at radius 2 is 1.84 bits per heavy atom. The van der Waals surface area contributed by atoms with Gasteiger partial charge < -0.3 is 14.8 Å². The van der Waals surface area contributed by atoms with Crippen LogP contribution in [0.1, 0.15) is 35.2 Å². The maximum absolute atomic E-state index is 12.9. The number of nitrogens with zero attached hydrogens (tertiary/aromatic N) is 1. The summed E-state index contributed by atoms with van der Waals surface area (Å²) in [5.74, 6) is 0.853. The van der Waals surface area contributed by atoms with E-state index in [1.165, 1.54) is 11.1 Å². The van der Waals surface area contributed by atoms with Gasteiger partial charge in [0.25, 0.3) is 0 Å². The van der Waals surface area contributed by atoms with Crippen molar-refractivity contribution in [1.82, 2.24) is 21.1 Å². The molecule has 0 radical (unpaired) electrons. The maximum Gasteiger partial charge on any atom is 0.238 e. The van der Waals surface area contributed by atoms with Gasteiger partial charge in [-0.15, -0.1) is 0 Å². The van der Waals surface area contributed by atoms with Crippen LogP contribution >= 0.6 is 0 Å². The van der Waals surface area contributed by atoms with Crippen LogP contribution in [0.5, 0.6) is 5.75 Å². The predicted molar refractivity (Wildman–Crippen MR) is 120 cm³/mol. The highest BCUT2D eigenvalue weighted by atomic mass is 16.5. The van der Waals surface area contributed by atoms with E-state index in [-0.39, 0.29) is 24.0 Å². The summed E-state index contributed by atoms with van der Waals surface area (Å²) in [6, 6.07) is 16.5. The van der Waals surface area contributed by atoms with Crippen molar-refractivity contribution in [2.75, 3.05) is 40.0 Å². The summed E-state index contributed by atoms with van der Waals surface area (Å²) in [6.45, 7) is 5.77. The number of benzene rings is 2. The summed E-state index contributed by atoms with van der Waals surface area (Å²) < 4.78 is 10.8. The zero-order valence-electron chi connectivity index (χ0n) is 18.3. The minimum absolute atomic E-state index is 0.0221. The Hall–Kier alpha value is -2.45. The van der Waals surface area contributed by atoms with Crippen LogP contribution in [0.3, 0.4) is 0 Å². The number of amides is 1. The molecule has 2 aromatic rings. The molecular weight excluding hydrogens is 392 g/mol. The van der Waals surface area contributed by atoms with Crippen molar-refractivity contribution in [3.05, 3.63) is 65.2 Å². The minimum atomic E-state index is -0.257. The first-order valence-corrected chi connectivity index (χ1v) is 10.9. The van der Waals surface area contributed by atoms with Crippen molar-refractivity contribution >= 4 is 5.91 Å². The van der Waals surface area contributed by atoms with Crippen molar-refractivity contribution in [1.29, 1.82) is 0 Å². The molecule has 31 heavy (non-hydrogen) atoms. The van der Waals surface area contributed by atoms with E-state index in [4.69, 9.17) is 9.47 Å². The second kappa shape index (κ2) is 10.2. The highest BCUT2D eigenvalue weighted by molar-refractivity contribution is 5.82. The number of morpholine rings is 1. The van der Waals surface area contributed by atoms with Gasteiger partial charge in [0.1, 0.15) is 11.8 Å². The van der Waals surface area contributed by atoms with Crippen LogP contribution < -0.4 is 20.9 Å². The molecule has 2 aliphatic rings. The highest BCUT2D eigenvalue weighted by Crippen LogP contribution is 2.25. The average molecular weight is 425 g/mol. The molecule has 3 unspecified atom stereocenters. The summed E-state index contributed by atoms with van der Waals surface area (Å²) in [7, 11) is 1.67. The fraction of sp³-hybridized carbons (Fsp3) is 0.458. The molecule has 0 aromatic heterocycles. The molecule has 2 saturated heterocycles. The number of carbonyl (C=O) groups is 1. The summed E-state index contributed by atoms with van der Waals surface area (Å²) in [5.41, 5.74) is 10.0. The minimum Gasteiger partial charge on any atom is -0.497 e. The third kappa shape index (κ3) is 5.43. The van der Waals surface area contributed by atoms with Crippen LogP contribution in [0.15, 0.2) is 48.5 Å². The van der Waals surface area contributed by atoms with E-state index in [1.54, 1.807) is 7.11 Å². The number of carbonyl (C=O) groups excluding carboxylic acids is 1. The van der Waals surface area contributed by atoms with Gasteiger partial charge >= 0.3 is 0 Å². The summed E-state index contributed by atoms with van der Waals surface area (Å²) in [6.07, 6.45) is 0.722. The lowest BCUT2D eigenvalue weighted by molar-refractivity contribution is -0.123. The van der Waals surface area contributed by atoms with Crippen molar-refractivity contribution in [2.45, 2.75) is 31.5 Å². The number of ether oxygens (including phenoxy) is 2. The average Bonchev–Trinajstić information content (AvgIpc) is 3.31. The number of rotatable bonds is 7. The molecule has 2 aliphatic heterocycles. The molecule has 2 aromatic carbocycles. The zero-order valence-corrected chi connectivity index (χ0v) is 18.3. The lowest BCUT2D eigenvalue weighted by atomic mass is 10.0. The van der Waals surface area contributed by atoms with E-state index in [1.807, 2.05) is 12.1 Å². The Morgan fingerprint density at radius 3 is 2.52 bits per heavy atom. The topological polar surface area (TPSA) is 74.9 Å². The number of hydrazine groups is 1. The quantitative estimate of drug-likeness (QED) is 0.632. The van der Waals surface area contributed by atoms with E-state index < -0.39 is 0 Å². The molecule has 2 heterocycles. The van der Waals surface area contributed by atoms with Crippen LogP contribution in [0.25, 0.3) is 0 Å². The number of nitrogens with one attached hydrogen (secondary N) is 3. The van der Waals surface area contributed by atoms with Gasteiger partial charge in [-0.3, -0.25) is 9.69 Å². The van der Waals surface area contributed by atoms with E-state index in [2.05, 4.69) is 64.4 Å². The van der Waals surface area contributed by atoms with Gasteiger partial charge in [0, 0.05) is 25.7 Å². The number of aryl methyl sites for hydroxylation is 1. The Morgan fingerprint density at radius 1 is 1.13 bits per heavy atom. The molecule has 0 saturated carbocycles. The molecule has 7 heteroatoms. The smallest absolute Gasteiger partial charge is 0.238 e. The molecule has 0 bridgehead atoms. The van der Waals surface area contributed by atoms with Crippen LogP contribution in [0.4, 0.5) is 0 Å². The van der Waals surface area contributed by atoms with Gasteiger partial charge in [-0.2, -0.15) is 0 Å². The predicted octanol–water partition coefficient (Wildman–Crippen LogP) is 2.10. The Balaban J connectivity index is 1.38. The summed E-state index contributed by atoms with van der Waals surface area (Å²) in [5, 5.41) is 3.18. The lowest BCUT2D eigenvalue weighted by Crippen LogP contribution is -2.48. The molecular formula is C24H32N4O3. The zero-order chi connectivity index (χ0) is 21.6. The first kappa shape index (κ1) is 21.8. The Labute approximate surface area is 184 Å². The maximum atomic E-state index is 12.9. The molecule has 3 N–H and O–H groups in total. The fourth-order valence-corrected chi connectivity index (χ4v) is 4.24. The third-order valence-electron chi connectivity index (χ3n) is 6.16. The summed E-state index contributed by atoms with van der Waals surface area (Å²) >= 11 is 0. The third-order valence-corrected chi connectivity index (χ3v) is 6.16. The van der Waals surface area contributed by atoms with Crippen molar-refractivity contribution in [3.8, 4) is 5.75 Å². The number of hydrogen-bond donors (Lipinski definition) is 3. The largest absolute Gasteiger partial charge is 0.497 e. The molecule has 1 amide bonds. The van der Waals surface area contributed by atoms with E-state index >= 15 is 0 Å². The van der Waals surface area contributed by atoms with Crippen LogP contribution in [-0.4, -0.2) is 56.8 Å². The molecule has 4 rings (SSSR count). The fourth-order valence-electron chi connectivity index (χ4n) is 4.24. The van der Waals surface area contributed by atoms with Gasteiger partial charge in [-0.25, -0.2) is 10.9 Å². The molecule has 7 nitrogen and oxygen atoms in total. The molecule has 2 fully saturated rings. The first-order chi connectivity index (χ1) is 15.1. The van der Waals surface area contributed by atoms with E-state index in [0.717, 1.165) is 30.8 Å². The van der Waals surface area contributed by atoms with Crippen molar-refractivity contribution in [2.24, 2.45) is 0 Å². The van der Waals surface area contributed by atoms with Gasteiger partial charge in [-0.05, 0) is 36.6 Å².